The molecule has 0 fully saturated rings. The lowest BCUT2D eigenvalue weighted by Gasteiger charge is -2.11. The van der Waals surface area contributed by atoms with E-state index in [-0.39, 0.29) is 14.8 Å². The van der Waals surface area contributed by atoms with Gasteiger partial charge in [-0.05, 0) is 48.0 Å². The first-order valence-electron chi connectivity index (χ1n) is 7.37. The number of halogens is 2. The molecule has 0 amide bonds. The minimum absolute atomic E-state index is 0.000475. The molecule has 0 saturated carbocycles. The standard InChI is InChI=1S/C19H14ClFO3S/c1-24-18-9-8-14(21)12-16(18)13-7-10-19(17(20)11-13)25(22,23)15-5-3-2-4-6-15/h2-12H,1H3. The van der Waals surface area contributed by atoms with E-state index in [1.54, 1.807) is 24.3 Å². The Bertz CT molecular complexity index is 1020. The Morgan fingerprint density at radius 1 is 0.960 bits per heavy atom. The summed E-state index contributed by atoms with van der Waals surface area (Å²) in [4.78, 5) is 0.160. The largest absolute Gasteiger partial charge is 0.496 e. The number of ether oxygens (including phenoxy) is 1. The van der Waals surface area contributed by atoms with E-state index in [0.29, 0.717) is 16.9 Å². The summed E-state index contributed by atoms with van der Waals surface area (Å²) in [6, 6.07) is 16.7. The zero-order chi connectivity index (χ0) is 18.0. The van der Waals surface area contributed by atoms with E-state index < -0.39 is 15.7 Å². The van der Waals surface area contributed by atoms with Crippen LogP contribution in [0.25, 0.3) is 11.1 Å². The van der Waals surface area contributed by atoms with Crippen LogP contribution in [0.4, 0.5) is 4.39 Å². The van der Waals surface area contributed by atoms with Crippen molar-refractivity contribution in [2.75, 3.05) is 7.11 Å². The molecule has 0 spiro atoms. The van der Waals surface area contributed by atoms with Gasteiger partial charge in [-0.3, -0.25) is 0 Å². The maximum atomic E-state index is 13.6. The lowest BCUT2D eigenvalue weighted by atomic mass is 10.0. The third-order valence-electron chi connectivity index (χ3n) is 3.75. The molecule has 3 aromatic rings. The van der Waals surface area contributed by atoms with Crippen molar-refractivity contribution in [2.45, 2.75) is 9.79 Å². The van der Waals surface area contributed by atoms with Gasteiger partial charge in [0.2, 0.25) is 9.84 Å². The van der Waals surface area contributed by atoms with Crippen molar-refractivity contribution in [3.8, 4) is 16.9 Å². The average molecular weight is 377 g/mol. The fourth-order valence-electron chi connectivity index (χ4n) is 2.52. The summed E-state index contributed by atoms with van der Waals surface area (Å²) in [5.74, 6) is 0.0454. The van der Waals surface area contributed by atoms with Gasteiger partial charge < -0.3 is 4.74 Å². The summed E-state index contributed by atoms with van der Waals surface area (Å²) in [6.45, 7) is 0. The second-order valence-corrected chi connectivity index (χ2v) is 7.63. The Balaban J connectivity index is 2.10. The fourth-order valence-corrected chi connectivity index (χ4v) is 4.34. The van der Waals surface area contributed by atoms with Crippen LogP contribution in [-0.4, -0.2) is 15.5 Å². The summed E-state index contributed by atoms with van der Waals surface area (Å²) in [6.07, 6.45) is 0. The van der Waals surface area contributed by atoms with Gasteiger partial charge in [0.05, 0.1) is 21.9 Å². The second-order valence-electron chi connectivity index (χ2n) is 5.31. The van der Waals surface area contributed by atoms with Gasteiger partial charge in [0, 0.05) is 5.56 Å². The lowest BCUT2D eigenvalue weighted by molar-refractivity contribution is 0.415. The quantitative estimate of drug-likeness (QED) is 0.644. The van der Waals surface area contributed by atoms with Gasteiger partial charge in [0.15, 0.2) is 0 Å². The Kier molecular flexibility index (Phi) is 4.79. The first-order chi connectivity index (χ1) is 11.9. The Morgan fingerprint density at radius 3 is 2.32 bits per heavy atom. The highest BCUT2D eigenvalue weighted by molar-refractivity contribution is 7.91. The predicted octanol–water partition coefficient (Wildman–Crippen LogP) is 4.99. The summed E-state index contributed by atoms with van der Waals surface area (Å²) >= 11 is 6.24. The van der Waals surface area contributed by atoms with Crippen LogP contribution < -0.4 is 4.74 Å². The van der Waals surface area contributed by atoms with Gasteiger partial charge >= 0.3 is 0 Å². The zero-order valence-corrected chi connectivity index (χ0v) is 14.8. The third-order valence-corrected chi connectivity index (χ3v) is 6.00. The van der Waals surface area contributed by atoms with E-state index in [1.807, 2.05) is 0 Å². The van der Waals surface area contributed by atoms with Gasteiger partial charge in [0.25, 0.3) is 0 Å². The van der Waals surface area contributed by atoms with Crippen molar-refractivity contribution >= 4 is 21.4 Å². The SMILES string of the molecule is COc1ccc(F)cc1-c1ccc(S(=O)(=O)c2ccccc2)c(Cl)c1. The Morgan fingerprint density at radius 2 is 1.68 bits per heavy atom. The van der Waals surface area contributed by atoms with Crippen LogP contribution in [0.15, 0.2) is 76.5 Å². The maximum absolute atomic E-state index is 13.6. The van der Waals surface area contributed by atoms with Crippen LogP contribution in [0.1, 0.15) is 0 Å². The van der Waals surface area contributed by atoms with Crippen LogP contribution in [0.5, 0.6) is 5.75 Å². The third kappa shape index (κ3) is 3.38. The number of sulfone groups is 1. The minimum atomic E-state index is -3.73. The van der Waals surface area contributed by atoms with E-state index >= 15 is 0 Å². The van der Waals surface area contributed by atoms with Crippen molar-refractivity contribution in [2.24, 2.45) is 0 Å². The first-order valence-corrected chi connectivity index (χ1v) is 9.23. The molecule has 6 heteroatoms. The summed E-state index contributed by atoms with van der Waals surface area (Å²) < 4.78 is 44.2. The molecule has 3 nitrogen and oxygen atoms in total. The van der Waals surface area contributed by atoms with Crippen molar-refractivity contribution < 1.29 is 17.5 Å². The highest BCUT2D eigenvalue weighted by Crippen LogP contribution is 2.35. The molecule has 128 valence electrons. The van der Waals surface area contributed by atoms with E-state index in [1.165, 1.54) is 49.6 Å². The molecule has 0 N–H and O–H groups in total. The van der Waals surface area contributed by atoms with Crippen LogP contribution in [0, 0.1) is 5.82 Å². The van der Waals surface area contributed by atoms with Gasteiger partial charge in [-0.25, -0.2) is 12.8 Å². The van der Waals surface area contributed by atoms with Gasteiger partial charge in [-0.2, -0.15) is 0 Å². The number of benzene rings is 3. The summed E-state index contributed by atoms with van der Waals surface area (Å²) in [5, 5.41) is 0.0627. The average Bonchev–Trinajstić information content (AvgIpc) is 2.62. The lowest BCUT2D eigenvalue weighted by Crippen LogP contribution is -2.02. The highest BCUT2D eigenvalue weighted by atomic mass is 35.5. The molecule has 0 aliphatic carbocycles. The number of hydrogen-bond donors (Lipinski definition) is 0. The Hall–Kier alpha value is -2.37. The molecular formula is C19H14ClFO3S. The monoisotopic (exact) mass is 376 g/mol. The second kappa shape index (κ2) is 6.86. The van der Waals surface area contributed by atoms with Gasteiger partial charge in [-0.15, -0.1) is 0 Å². The summed E-state index contributed by atoms with van der Waals surface area (Å²) in [7, 11) is -2.25. The maximum Gasteiger partial charge on any atom is 0.208 e. The molecule has 25 heavy (non-hydrogen) atoms. The minimum Gasteiger partial charge on any atom is -0.496 e. The molecule has 0 aliphatic heterocycles. The highest BCUT2D eigenvalue weighted by Gasteiger charge is 2.21. The smallest absolute Gasteiger partial charge is 0.208 e. The molecule has 0 radical (unpaired) electrons. The normalized spacial score (nSPS) is 11.3. The molecular weight excluding hydrogens is 363 g/mol. The molecule has 3 rings (SSSR count). The van der Waals surface area contributed by atoms with E-state index in [4.69, 9.17) is 16.3 Å². The van der Waals surface area contributed by atoms with Crippen molar-refractivity contribution in [1.82, 2.24) is 0 Å². The molecule has 0 saturated heterocycles. The molecule has 0 bridgehead atoms. The van der Waals surface area contributed by atoms with Crippen molar-refractivity contribution in [3.63, 3.8) is 0 Å². The fraction of sp³-hybridized carbons (Fsp3) is 0.0526. The molecule has 0 unspecified atom stereocenters. The topological polar surface area (TPSA) is 43.4 Å². The first kappa shape index (κ1) is 17.5. The molecule has 0 atom stereocenters. The number of methoxy groups -OCH3 is 1. The number of hydrogen-bond acceptors (Lipinski definition) is 3. The number of rotatable bonds is 4. The van der Waals surface area contributed by atoms with Gasteiger partial charge in [0.1, 0.15) is 11.6 Å². The van der Waals surface area contributed by atoms with Crippen molar-refractivity contribution in [1.29, 1.82) is 0 Å². The summed E-state index contributed by atoms with van der Waals surface area (Å²) in [5.41, 5.74) is 1.06. The van der Waals surface area contributed by atoms with Crippen LogP contribution >= 0.6 is 11.6 Å². The van der Waals surface area contributed by atoms with E-state index in [9.17, 15) is 12.8 Å². The predicted molar refractivity (Wildman–Crippen MR) is 95.3 cm³/mol. The van der Waals surface area contributed by atoms with Crippen LogP contribution in [0.2, 0.25) is 5.02 Å². The van der Waals surface area contributed by atoms with E-state index in [0.717, 1.165) is 0 Å². The zero-order valence-electron chi connectivity index (χ0n) is 13.2. The molecule has 0 aliphatic rings. The molecule has 3 aromatic carbocycles. The van der Waals surface area contributed by atoms with Gasteiger partial charge in [-0.1, -0.05) is 35.9 Å². The van der Waals surface area contributed by atoms with Crippen LogP contribution in [-0.2, 0) is 9.84 Å². The van der Waals surface area contributed by atoms with E-state index in [2.05, 4.69) is 0 Å². The van der Waals surface area contributed by atoms with Crippen LogP contribution in [0.3, 0.4) is 0 Å². The van der Waals surface area contributed by atoms with Crippen molar-refractivity contribution in [3.05, 3.63) is 77.6 Å². The Labute approximate surface area is 150 Å². The molecule has 0 heterocycles. The molecule has 0 aromatic heterocycles.